The standard InChI is InChI=1S/C14H20N2O/c17-13-5-1-3-11(9-13)14(6-7-14)16-12-4-2-8-15-10-12/h1,3,5,9,12,15-17H,2,4,6-8,10H2. The second-order valence-corrected chi connectivity index (χ2v) is 5.32. The van der Waals surface area contributed by atoms with Crippen LogP contribution in [0.3, 0.4) is 0 Å². The molecule has 2 fully saturated rings. The summed E-state index contributed by atoms with van der Waals surface area (Å²) in [6, 6.07) is 8.27. The Labute approximate surface area is 102 Å². The molecule has 17 heavy (non-hydrogen) atoms. The molecule has 1 heterocycles. The number of hydrogen-bond acceptors (Lipinski definition) is 3. The van der Waals surface area contributed by atoms with Crippen molar-refractivity contribution in [1.82, 2.24) is 10.6 Å². The molecule has 1 aliphatic heterocycles. The molecular weight excluding hydrogens is 212 g/mol. The van der Waals surface area contributed by atoms with Gasteiger partial charge >= 0.3 is 0 Å². The molecule has 0 radical (unpaired) electrons. The first kappa shape index (κ1) is 11.1. The summed E-state index contributed by atoms with van der Waals surface area (Å²) in [5.41, 5.74) is 1.38. The Morgan fingerprint density at radius 3 is 2.88 bits per heavy atom. The number of aromatic hydroxyl groups is 1. The summed E-state index contributed by atoms with van der Waals surface area (Å²) in [5, 5.41) is 16.8. The highest BCUT2D eigenvalue weighted by Gasteiger charge is 2.45. The van der Waals surface area contributed by atoms with Crippen molar-refractivity contribution in [3.05, 3.63) is 29.8 Å². The fourth-order valence-corrected chi connectivity index (χ4v) is 2.81. The van der Waals surface area contributed by atoms with Crippen LogP contribution in [0.15, 0.2) is 24.3 Å². The Balaban J connectivity index is 1.73. The Morgan fingerprint density at radius 1 is 1.35 bits per heavy atom. The van der Waals surface area contributed by atoms with Crippen molar-refractivity contribution >= 4 is 0 Å². The summed E-state index contributed by atoms with van der Waals surface area (Å²) in [5.74, 6) is 0.373. The lowest BCUT2D eigenvalue weighted by Crippen LogP contribution is -2.47. The molecule has 92 valence electrons. The molecule has 3 rings (SSSR count). The third kappa shape index (κ3) is 2.31. The van der Waals surface area contributed by atoms with E-state index in [1.165, 1.54) is 31.2 Å². The van der Waals surface area contributed by atoms with Crippen molar-refractivity contribution in [2.24, 2.45) is 0 Å². The van der Waals surface area contributed by atoms with Gasteiger partial charge in [-0.05, 0) is 49.9 Å². The lowest BCUT2D eigenvalue weighted by atomic mass is 10.0. The summed E-state index contributed by atoms with van der Waals surface area (Å²) >= 11 is 0. The van der Waals surface area contributed by atoms with Gasteiger partial charge in [0.15, 0.2) is 0 Å². The minimum atomic E-state index is 0.141. The van der Waals surface area contributed by atoms with Crippen molar-refractivity contribution in [3.63, 3.8) is 0 Å². The van der Waals surface area contributed by atoms with Gasteiger partial charge in [-0.15, -0.1) is 0 Å². The third-order valence-electron chi connectivity index (χ3n) is 3.93. The van der Waals surface area contributed by atoms with Gasteiger partial charge in [-0.3, -0.25) is 0 Å². The Kier molecular flexibility index (Phi) is 2.81. The molecule has 3 nitrogen and oxygen atoms in total. The summed E-state index contributed by atoms with van der Waals surface area (Å²) in [6.07, 6.45) is 4.89. The van der Waals surface area contributed by atoms with Crippen LogP contribution in [-0.2, 0) is 5.54 Å². The molecule has 3 heteroatoms. The van der Waals surface area contributed by atoms with E-state index < -0.39 is 0 Å². The fraction of sp³-hybridized carbons (Fsp3) is 0.571. The molecule has 0 amide bonds. The number of phenolic OH excluding ortho intramolecular Hbond substituents is 1. The average molecular weight is 232 g/mol. The van der Waals surface area contributed by atoms with E-state index in [1.807, 2.05) is 12.1 Å². The van der Waals surface area contributed by atoms with Gasteiger partial charge in [0.1, 0.15) is 5.75 Å². The monoisotopic (exact) mass is 232 g/mol. The molecule has 1 atom stereocenters. The van der Waals surface area contributed by atoms with Crippen LogP contribution in [-0.4, -0.2) is 24.2 Å². The summed E-state index contributed by atoms with van der Waals surface area (Å²) in [4.78, 5) is 0. The lowest BCUT2D eigenvalue weighted by molar-refractivity contribution is 0.341. The lowest BCUT2D eigenvalue weighted by Gasteiger charge is -2.29. The van der Waals surface area contributed by atoms with E-state index in [-0.39, 0.29) is 5.54 Å². The van der Waals surface area contributed by atoms with Crippen LogP contribution in [0, 0.1) is 0 Å². The summed E-state index contributed by atoms with van der Waals surface area (Å²) in [6.45, 7) is 2.22. The smallest absolute Gasteiger partial charge is 0.115 e. The van der Waals surface area contributed by atoms with Crippen molar-refractivity contribution in [3.8, 4) is 5.75 Å². The van der Waals surface area contributed by atoms with E-state index in [2.05, 4.69) is 16.7 Å². The molecule has 2 aliphatic rings. The van der Waals surface area contributed by atoms with Gasteiger partial charge < -0.3 is 15.7 Å². The van der Waals surface area contributed by atoms with E-state index in [0.29, 0.717) is 11.8 Å². The van der Waals surface area contributed by atoms with Crippen molar-refractivity contribution in [1.29, 1.82) is 0 Å². The van der Waals surface area contributed by atoms with E-state index in [9.17, 15) is 5.11 Å². The number of benzene rings is 1. The Bertz CT molecular complexity index is 395. The largest absolute Gasteiger partial charge is 0.508 e. The SMILES string of the molecule is Oc1cccc(C2(NC3CCCNC3)CC2)c1. The van der Waals surface area contributed by atoms with Crippen molar-refractivity contribution in [2.75, 3.05) is 13.1 Å². The van der Waals surface area contributed by atoms with Crippen LogP contribution in [0.25, 0.3) is 0 Å². The Morgan fingerprint density at radius 2 is 2.24 bits per heavy atom. The maximum absolute atomic E-state index is 9.57. The molecule has 0 bridgehead atoms. The molecule has 1 aromatic carbocycles. The van der Waals surface area contributed by atoms with Gasteiger partial charge in [-0.25, -0.2) is 0 Å². The van der Waals surface area contributed by atoms with Crippen LogP contribution in [0.2, 0.25) is 0 Å². The molecule has 1 unspecified atom stereocenters. The highest BCUT2D eigenvalue weighted by Crippen LogP contribution is 2.46. The zero-order valence-electron chi connectivity index (χ0n) is 10.1. The maximum atomic E-state index is 9.57. The molecule has 1 aliphatic carbocycles. The van der Waals surface area contributed by atoms with Crippen molar-refractivity contribution in [2.45, 2.75) is 37.3 Å². The molecule has 0 aromatic heterocycles. The second-order valence-electron chi connectivity index (χ2n) is 5.32. The van der Waals surface area contributed by atoms with Crippen molar-refractivity contribution < 1.29 is 5.11 Å². The maximum Gasteiger partial charge on any atom is 0.115 e. The Hall–Kier alpha value is -1.06. The van der Waals surface area contributed by atoms with E-state index >= 15 is 0 Å². The highest BCUT2D eigenvalue weighted by atomic mass is 16.3. The zero-order chi connectivity index (χ0) is 11.7. The van der Waals surface area contributed by atoms with Gasteiger partial charge in [0.25, 0.3) is 0 Å². The first-order valence-electron chi connectivity index (χ1n) is 6.56. The van der Waals surface area contributed by atoms with Gasteiger partial charge in [0.05, 0.1) is 0 Å². The van der Waals surface area contributed by atoms with Crippen LogP contribution in [0.4, 0.5) is 0 Å². The molecular formula is C14H20N2O. The van der Waals surface area contributed by atoms with Crippen LogP contribution in [0.1, 0.15) is 31.2 Å². The number of piperidine rings is 1. The molecule has 1 saturated heterocycles. The number of hydrogen-bond donors (Lipinski definition) is 3. The van der Waals surface area contributed by atoms with E-state index in [0.717, 1.165) is 13.1 Å². The fourth-order valence-electron chi connectivity index (χ4n) is 2.81. The minimum absolute atomic E-state index is 0.141. The van der Waals surface area contributed by atoms with Gasteiger partial charge in [0, 0.05) is 18.1 Å². The van der Waals surface area contributed by atoms with Crippen LogP contribution >= 0.6 is 0 Å². The first-order valence-corrected chi connectivity index (χ1v) is 6.56. The predicted molar refractivity (Wildman–Crippen MR) is 68.0 cm³/mol. The number of nitrogens with one attached hydrogen (secondary N) is 2. The highest BCUT2D eigenvalue weighted by molar-refractivity contribution is 5.36. The summed E-state index contributed by atoms with van der Waals surface area (Å²) in [7, 11) is 0. The molecule has 1 saturated carbocycles. The van der Waals surface area contributed by atoms with Crippen LogP contribution < -0.4 is 10.6 Å². The number of phenols is 1. The van der Waals surface area contributed by atoms with Gasteiger partial charge in [-0.1, -0.05) is 12.1 Å². The summed E-state index contributed by atoms with van der Waals surface area (Å²) < 4.78 is 0. The van der Waals surface area contributed by atoms with Gasteiger partial charge in [0.2, 0.25) is 0 Å². The van der Waals surface area contributed by atoms with Crippen LogP contribution in [0.5, 0.6) is 5.75 Å². The van der Waals surface area contributed by atoms with E-state index in [1.54, 1.807) is 6.07 Å². The van der Waals surface area contributed by atoms with E-state index in [4.69, 9.17) is 0 Å². The number of rotatable bonds is 3. The van der Waals surface area contributed by atoms with Gasteiger partial charge in [-0.2, -0.15) is 0 Å². The average Bonchev–Trinajstić information content (AvgIpc) is 3.11. The normalized spacial score (nSPS) is 26.7. The topological polar surface area (TPSA) is 44.3 Å². The predicted octanol–water partition coefficient (Wildman–Crippen LogP) is 1.72. The third-order valence-corrected chi connectivity index (χ3v) is 3.93. The molecule has 1 aromatic rings. The first-order chi connectivity index (χ1) is 8.28. The molecule has 0 spiro atoms. The second kappa shape index (κ2) is 4.31. The quantitative estimate of drug-likeness (QED) is 0.743. The zero-order valence-corrected chi connectivity index (χ0v) is 10.1. The molecule has 3 N–H and O–H groups in total. The minimum Gasteiger partial charge on any atom is -0.508 e.